The van der Waals surface area contributed by atoms with Crippen molar-refractivity contribution in [2.75, 3.05) is 33.7 Å². The van der Waals surface area contributed by atoms with E-state index in [9.17, 15) is 24.6 Å². The lowest BCUT2D eigenvalue weighted by Gasteiger charge is -2.72. The Balaban J connectivity index is 1.29. The number of allylic oxidation sites excluding steroid dienone is 1. The number of carbonyl (C=O) groups excluding carboxylic acids is 2. The fourth-order valence-corrected chi connectivity index (χ4v) is 14.0. The number of ether oxygens (including phenoxy) is 1. The molecule has 5 aliphatic carbocycles. The lowest BCUT2D eigenvalue weighted by Crippen LogP contribution is -2.66. The van der Waals surface area contributed by atoms with Crippen LogP contribution in [-0.2, 0) is 25.7 Å². The molecule has 1 aromatic carbocycles. The first-order valence-electron chi connectivity index (χ1n) is 21.9. The maximum absolute atomic E-state index is 14.3. The largest absolute Gasteiger partial charge is 0.481 e. The van der Waals surface area contributed by atoms with Crippen molar-refractivity contribution in [1.29, 1.82) is 0 Å². The number of Topliss-reactive ketones (excluding diaryl/α,β-unsaturated/α-hetero) is 1. The highest BCUT2D eigenvalue weighted by Crippen LogP contribution is 2.77. The topological polar surface area (TPSA) is 107 Å². The highest BCUT2D eigenvalue weighted by molar-refractivity contribution is 6.30. The summed E-state index contributed by atoms with van der Waals surface area (Å²) in [5, 5.41) is 23.1. The fourth-order valence-electron chi connectivity index (χ4n) is 13.8. The minimum Gasteiger partial charge on any atom is -0.481 e. The van der Waals surface area contributed by atoms with Crippen molar-refractivity contribution in [2.24, 2.45) is 56.2 Å². The molecular weight excluding hydrogens is 736 g/mol. The summed E-state index contributed by atoms with van der Waals surface area (Å²) in [5.74, 6) is -0.00895. The third kappa shape index (κ3) is 7.58. The van der Waals surface area contributed by atoms with Gasteiger partial charge in [0.25, 0.3) is 0 Å². The first-order valence-corrected chi connectivity index (χ1v) is 22.3. The van der Waals surface area contributed by atoms with Crippen LogP contribution in [0, 0.1) is 56.2 Å². The third-order valence-corrected chi connectivity index (χ3v) is 17.3. The second-order valence-electron chi connectivity index (χ2n) is 21.7. The van der Waals surface area contributed by atoms with Gasteiger partial charge in [-0.05, 0) is 142 Å². The molecule has 1 aromatic rings. The van der Waals surface area contributed by atoms with Gasteiger partial charge in [-0.2, -0.15) is 0 Å². The van der Waals surface area contributed by atoms with E-state index in [4.69, 9.17) is 16.3 Å². The van der Waals surface area contributed by atoms with Crippen molar-refractivity contribution >= 4 is 29.3 Å². The van der Waals surface area contributed by atoms with E-state index in [0.29, 0.717) is 36.4 Å². The van der Waals surface area contributed by atoms with E-state index in [1.807, 2.05) is 18.2 Å². The van der Waals surface area contributed by atoms with Gasteiger partial charge in [-0.3, -0.25) is 19.3 Å². The Bertz CT molecular complexity index is 1750. The van der Waals surface area contributed by atoms with Crippen molar-refractivity contribution in [3.63, 3.8) is 0 Å². The Kier molecular flexibility index (Phi) is 12.2. The van der Waals surface area contributed by atoms with E-state index in [-0.39, 0.29) is 51.8 Å². The molecule has 8 nitrogen and oxygen atoms in total. The average molecular weight is 810 g/mol. The number of aliphatic carboxylic acids is 1. The predicted molar refractivity (Wildman–Crippen MR) is 227 cm³/mol. The van der Waals surface area contributed by atoms with E-state index in [2.05, 4.69) is 78.4 Å². The van der Waals surface area contributed by atoms with Crippen molar-refractivity contribution in [3.05, 3.63) is 46.0 Å². The maximum Gasteiger partial charge on any atom is 0.309 e. The number of aliphatic hydroxyl groups excluding tert-OH is 1. The molecule has 0 amide bonds. The Labute approximate surface area is 348 Å². The highest BCUT2D eigenvalue weighted by atomic mass is 35.5. The molecule has 0 bridgehead atoms. The molecule has 4 fully saturated rings. The first kappa shape index (κ1) is 44.3. The van der Waals surface area contributed by atoms with Crippen LogP contribution in [0.2, 0.25) is 5.02 Å². The molecule has 318 valence electrons. The number of likely N-dealkylation sites (N-methyl/N-ethyl adjacent to an activating group) is 1. The maximum atomic E-state index is 14.3. The third-order valence-electron chi connectivity index (χ3n) is 17.1. The monoisotopic (exact) mass is 809 g/mol. The van der Waals surface area contributed by atoms with E-state index in [0.717, 1.165) is 75.6 Å². The fraction of sp³-hybridized carbons (Fsp3) is 0.771. The summed E-state index contributed by atoms with van der Waals surface area (Å²) >= 11 is 6.41. The van der Waals surface area contributed by atoms with Crippen LogP contribution in [0.25, 0.3) is 0 Å². The number of hydrogen-bond donors (Lipinski definition) is 2. The zero-order valence-corrected chi connectivity index (χ0v) is 37.7. The number of benzene rings is 1. The Morgan fingerprint density at radius 3 is 2.28 bits per heavy atom. The lowest BCUT2D eigenvalue weighted by atomic mass is 9.33. The summed E-state index contributed by atoms with van der Waals surface area (Å²) < 4.78 is 6.20. The second-order valence-corrected chi connectivity index (χ2v) is 22.2. The molecular formula is C48H73ClN2O6. The molecule has 0 aliphatic heterocycles. The van der Waals surface area contributed by atoms with Gasteiger partial charge in [-0.15, -0.1) is 0 Å². The summed E-state index contributed by atoms with van der Waals surface area (Å²) in [4.78, 5) is 43.8. The van der Waals surface area contributed by atoms with Crippen LogP contribution in [0.3, 0.4) is 0 Å². The van der Waals surface area contributed by atoms with Gasteiger partial charge in [0.05, 0.1) is 17.9 Å². The number of aliphatic hydroxyl groups is 1. The van der Waals surface area contributed by atoms with Gasteiger partial charge in [0.1, 0.15) is 6.10 Å². The van der Waals surface area contributed by atoms with Crippen molar-refractivity contribution in [3.8, 4) is 0 Å². The molecule has 0 unspecified atom stereocenters. The molecule has 0 aromatic heterocycles. The lowest BCUT2D eigenvalue weighted by molar-refractivity contribution is -0.235. The normalized spacial score (nSPS) is 35.5. The molecule has 5 aliphatic rings. The molecule has 2 N–H and O–H groups in total. The number of ketones is 1. The number of esters is 1. The highest BCUT2D eigenvalue weighted by Gasteiger charge is 2.71. The Morgan fingerprint density at radius 2 is 1.65 bits per heavy atom. The standard InChI is InChI=1S/C48H73ClN2O6/c1-30(2)40-34(52)26-48(37(53)29-51(24-23-50(10)11)28-31-13-12-14-32(49)25-31)22-21-46(8)33(41(40)48)15-16-36-45(7)19-18-38(57-39(54)27-43(3,4)42(55)56)44(5,6)35(45)17-20-47(36,46)9/h12-14,25,30,33,35-38,53H,15-24,26-29H2,1-11H3,(H,55,56)/t33-,35-,36+,37-,38-,45+,46+,47-,48+/m0/s1. The molecule has 0 radical (unpaired) electrons. The smallest absolute Gasteiger partial charge is 0.309 e. The number of rotatable bonds is 13. The van der Waals surface area contributed by atoms with E-state index in [1.54, 1.807) is 13.8 Å². The molecule has 6 rings (SSSR count). The minimum atomic E-state index is -1.17. The molecule has 9 heteroatoms. The van der Waals surface area contributed by atoms with Gasteiger partial charge < -0.3 is 19.8 Å². The van der Waals surface area contributed by atoms with Gasteiger partial charge in [0, 0.05) is 48.5 Å². The van der Waals surface area contributed by atoms with Crippen LogP contribution in [0.5, 0.6) is 0 Å². The molecule has 57 heavy (non-hydrogen) atoms. The van der Waals surface area contributed by atoms with Crippen molar-refractivity contribution in [1.82, 2.24) is 9.80 Å². The number of carboxylic acids is 1. The summed E-state index contributed by atoms with van der Waals surface area (Å²) in [6, 6.07) is 8.00. The Morgan fingerprint density at radius 1 is 0.947 bits per heavy atom. The van der Waals surface area contributed by atoms with Gasteiger partial charge in [0.15, 0.2) is 5.78 Å². The number of carboxylic acid groups (broad SMARTS) is 1. The number of nitrogens with zero attached hydrogens (tertiary/aromatic N) is 2. The number of fused-ring (bicyclic) bond motifs is 7. The minimum absolute atomic E-state index is 0.0333. The SMILES string of the molecule is CC(C)C1=C2[C@@H]3CC[C@@H]4[C@]5(C)CC[C@H](OC(=O)CC(C)(C)C(=O)O)C(C)(C)[C@@H]5CC[C@]4(C)[C@]3(C)CC[C@]2([C@@H](O)CN(CCN(C)C)Cc2cccc(Cl)c2)CC1=O. The van der Waals surface area contributed by atoms with Gasteiger partial charge in [-0.25, -0.2) is 0 Å². The number of halogens is 1. The van der Waals surface area contributed by atoms with Crippen LogP contribution in [0.15, 0.2) is 35.4 Å². The summed E-state index contributed by atoms with van der Waals surface area (Å²) in [6.07, 6.45) is 7.11. The van der Waals surface area contributed by atoms with Gasteiger partial charge in [0.2, 0.25) is 0 Å². The van der Waals surface area contributed by atoms with Crippen LogP contribution >= 0.6 is 11.6 Å². The summed E-state index contributed by atoms with van der Waals surface area (Å²) in [5.41, 5.74) is 1.48. The molecule has 0 heterocycles. The zero-order valence-electron chi connectivity index (χ0n) is 37.0. The van der Waals surface area contributed by atoms with Crippen molar-refractivity contribution < 1.29 is 29.3 Å². The van der Waals surface area contributed by atoms with Gasteiger partial charge in [-0.1, -0.05) is 77.8 Å². The predicted octanol–water partition coefficient (Wildman–Crippen LogP) is 9.46. The van der Waals surface area contributed by atoms with E-state index in [1.165, 1.54) is 5.57 Å². The van der Waals surface area contributed by atoms with Gasteiger partial charge >= 0.3 is 11.9 Å². The average Bonchev–Trinajstić information content (AvgIpc) is 3.42. The molecule has 4 saturated carbocycles. The van der Waals surface area contributed by atoms with Crippen LogP contribution < -0.4 is 0 Å². The zero-order chi connectivity index (χ0) is 42.1. The van der Waals surface area contributed by atoms with Crippen LogP contribution in [0.1, 0.15) is 132 Å². The summed E-state index contributed by atoms with van der Waals surface area (Å²) in [6.45, 7) is 22.6. The van der Waals surface area contributed by atoms with Crippen molar-refractivity contribution in [2.45, 2.75) is 145 Å². The number of hydrogen-bond acceptors (Lipinski definition) is 7. The Hall–Kier alpha value is -2.26. The molecule has 0 spiro atoms. The van der Waals surface area contributed by atoms with E-state index < -0.39 is 28.9 Å². The number of carbonyl (C=O) groups is 3. The van der Waals surface area contributed by atoms with Crippen LogP contribution in [-0.4, -0.2) is 83.7 Å². The molecule has 9 atom stereocenters. The second kappa shape index (κ2) is 15.6. The quantitative estimate of drug-likeness (QED) is 0.190. The first-order chi connectivity index (χ1) is 26.4. The van der Waals surface area contributed by atoms with E-state index >= 15 is 0 Å². The molecule has 0 saturated heterocycles. The van der Waals surface area contributed by atoms with Crippen LogP contribution in [0.4, 0.5) is 0 Å². The summed E-state index contributed by atoms with van der Waals surface area (Å²) in [7, 11) is 4.16.